The van der Waals surface area contributed by atoms with Gasteiger partial charge in [-0.05, 0) is 76.5 Å². The number of carboxylic acid groups (broad SMARTS) is 1. The topological polar surface area (TPSA) is 102 Å². The molecule has 11 heteroatoms. The van der Waals surface area contributed by atoms with Crippen molar-refractivity contribution in [3.63, 3.8) is 0 Å². The molecule has 0 saturated heterocycles. The van der Waals surface area contributed by atoms with Crippen LogP contribution in [0.5, 0.6) is 0 Å². The van der Waals surface area contributed by atoms with Crippen molar-refractivity contribution in [3.8, 4) is 21.7 Å². The van der Waals surface area contributed by atoms with Crippen LogP contribution in [0.1, 0.15) is 12.0 Å². The average molecular weight is 542 g/mol. The van der Waals surface area contributed by atoms with Gasteiger partial charge in [-0.15, -0.1) is 11.3 Å². The van der Waals surface area contributed by atoms with Gasteiger partial charge in [0.15, 0.2) is 5.16 Å². The number of thiophene rings is 2. The second kappa shape index (κ2) is 9.57. The number of carboxylic acids is 1. The van der Waals surface area contributed by atoms with E-state index in [1.807, 2.05) is 35.2 Å². The number of aryl methyl sites for hydroxylation is 1. The van der Waals surface area contributed by atoms with Crippen molar-refractivity contribution in [2.75, 3.05) is 6.26 Å². The minimum Gasteiger partial charge on any atom is -0.481 e. The summed E-state index contributed by atoms with van der Waals surface area (Å²) in [7, 11) is -3.91. The summed E-state index contributed by atoms with van der Waals surface area (Å²) >= 11 is 4.14. The van der Waals surface area contributed by atoms with E-state index in [0.717, 1.165) is 32.7 Å². The molecule has 0 aliphatic rings. The van der Waals surface area contributed by atoms with Crippen LogP contribution < -0.4 is 0 Å². The number of benzene rings is 1. The Hall–Kier alpha value is -2.99. The van der Waals surface area contributed by atoms with Gasteiger partial charge < -0.3 is 5.11 Å². The summed E-state index contributed by atoms with van der Waals surface area (Å²) in [4.78, 5) is 20.6. The second-order valence-electron chi connectivity index (χ2n) is 7.64. The van der Waals surface area contributed by atoms with E-state index in [0.29, 0.717) is 21.9 Å². The molecule has 0 aliphatic heterocycles. The van der Waals surface area contributed by atoms with E-state index in [2.05, 4.69) is 9.97 Å². The number of rotatable bonds is 8. The molecule has 0 unspecified atom stereocenters. The molecule has 7 nitrogen and oxygen atoms in total. The molecule has 0 amide bonds. The number of nitrogens with zero attached hydrogens (tertiary/aromatic N) is 3. The highest BCUT2D eigenvalue weighted by Crippen LogP contribution is 2.35. The van der Waals surface area contributed by atoms with Crippen LogP contribution in [-0.4, -0.2) is 39.7 Å². The van der Waals surface area contributed by atoms with E-state index >= 15 is 0 Å². The lowest BCUT2D eigenvalue weighted by Crippen LogP contribution is -2.10. The minimum atomic E-state index is -3.91. The fourth-order valence-electron chi connectivity index (χ4n) is 3.78. The Balaban J connectivity index is 1.60. The predicted octanol–water partition coefficient (Wildman–Crippen LogP) is 5.86. The first-order chi connectivity index (χ1) is 16.9. The monoisotopic (exact) mass is 541 g/mol. The Bertz CT molecular complexity index is 1640. The molecule has 0 spiro atoms. The predicted molar refractivity (Wildman–Crippen MR) is 141 cm³/mol. The van der Waals surface area contributed by atoms with Gasteiger partial charge in [0.05, 0.1) is 16.1 Å². The van der Waals surface area contributed by atoms with Crippen LogP contribution in [-0.2, 0) is 21.2 Å². The van der Waals surface area contributed by atoms with Crippen molar-refractivity contribution in [2.45, 2.75) is 22.2 Å². The molecule has 4 heterocycles. The summed E-state index contributed by atoms with van der Waals surface area (Å²) in [5.41, 5.74) is 3.85. The maximum absolute atomic E-state index is 13.7. The number of fused-ring (bicyclic) bond motifs is 1. The molecule has 5 aromatic rings. The van der Waals surface area contributed by atoms with Crippen LogP contribution in [0.25, 0.3) is 32.6 Å². The highest BCUT2D eigenvalue weighted by atomic mass is 32.2. The van der Waals surface area contributed by atoms with E-state index in [1.54, 1.807) is 48.0 Å². The Morgan fingerprint density at radius 2 is 2.00 bits per heavy atom. The molecule has 0 atom stereocenters. The first-order valence-electron chi connectivity index (χ1n) is 10.5. The lowest BCUT2D eigenvalue weighted by Gasteiger charge is -2.06. The van der Waals surface area contributed by atoms with Crippen LogP contribution in [0.3, 0.4) is 0 Å². The lowest BCUT2D eigenvalue weighted by molar-refractivity contribution is -0.136. The van der Waals surface area contributed by atoms with Gasteiger partial charge in [-0.3, -0.25) is 4.79 Å². The Morgan fingerprint density at radius 3 is 2.74 bits per heavy atom. The zero-order valence-electron chi connectivity index (χ0n) is 18.4. The van der Waals surface area contributed by atoms with Gasteiger partial charge in [-0.2, -0.15) is 19.8 Å². The number of thioether (sulfide) groups is 1. The van der Waals surface area contributed by atoms with Crippen LogP contribution in [0, 0.1) is 0 Å². The number of hydrogen-bond acceptors (Lipinski definition) is 8. The van der Waals surface area contributed by atoms with Gasteiger partial charge in [-0.1, -0.05) is 17.8 Å². The average Bonchev–Trinajstić information content (AvgIpc) is 3.62. The van der Waals surface area contributed by atoms with E-state index in [-0.39, 0.29) is 17.1 Å². The summed E-state index contributed by atoms with van der Waals surface area (Å²) in [5, 5.41) is 14.6. The van der Waals surface area contributed by atoms with Gasteiger partial charge in [0.2, 0.25) is 0 Å². The van der Waals surface area contributed by atoms with Crippen LogP contribution >= 0.6 is 34.4 Å². The molecule has 0 saturated carbocycles. The SMILES string of the molecule is CSc1nccc(-c2ccc(S(=O)(=O)n3cc(CCC(=O)O)c4cc(-c5ccsc5)ccc43)s2)n1. The van der Waals surface area contributed by atoms with Crippen molar-refractivity contribution in [2.24, 2.45) is 0 Å². The van der Waals surface area contributed by atoms with E-state index in [4.69, 9.17) is 0 Å². The summed E-state index contributed by atoms with van der Waals surface area (Å²) in [5.74, 6) is -0.930. The minimum absolute atomic E-state index is 0.0868. The zero-order chi connectivity index (χ0) is 24.6. The van der Waals surface area contributed by atoms with Crippen molar-refractivity contribution >= 4 is 61.3 Å². The van der Waals surface area contributed by atoms with Crippen molar-refractivity contribution < 1.29 is 18.3 Å². The van der Waals surface area contributed by atoms with Crippen LogP contribution in [0.15, 0.2) is 75.0 Å². The van der Waals surface area contributed by atoms with Crippen LogP contribution in [0.4, 0.5) is 0 Å². The lowest BCUT2D eigenvalue weighted by atomic mass is 10.0. The highest BCUT2D eigenvalue weighted by Gasteiger charge is 2.24. The van der Waals surface area contributed by atoms with Gasteiger partial charge in [0, 0.05) is 24.2 Å². The van der Waals surface area contributed by atoms with Gasteiger partial charge >= 0.3 is 5.97 Å². The summed E-state index contributed by atoms with van der Waals surface area (Å²) < 4.78 is 28.8. The Morgan fingerprint density at radius 1 is 1.14 bits per heavy atom. The molecule has 1 N–H and O–H groups in total. The molecule has 178 valence electrons. The Kier molecular flexibility index (Phi) is 6.49. The largest absolute Gasteiger partial charge is 0.481 e. The number of aliphatic carboxylic acids is 1. The zero-order valence-corrected chi connectivity index (χ0v) is 21.7. The molecule has 0 fully saturated rings. The van der Waals surface area contributed by atoms with E-state index < -0.39 is 16.0 Å². The molecule has 0 aliphatic carbocycles. The fourth-order valence-corrected chi connectivity index (χ4v) is 7.56. The third kappa shape index (κ3) is 4.64. The smallest absolute Gasteiger partial charge is 0.303 e. The van der Waals surface area contributed by atoms with Crippen molar-refractivity contribution in [1.82, 2.24) is 13.9 Å². The normalized spacial score (nSPS) is 11.8. The van der Waals surface area contributed by atoms with E-state index in [1.165, 1.54) is 15.7 Å². The van der Waals surface area contributed by atoms with Gasteiger partial charge in [-0.25, -0.2) is 13.9 Å². The standard InChI is InChI=1S/C24H19N3O4S4/c1-32-24-25-10-8-19(26-24)21-5-7-23(34-21)35(30,31)27-13-16(3-6-22(28)29)18-12-15(2-4-20(18)27)17-9-11-33-14-17/h2,4-5,7-14H,3,6H2,1H3,(H,28,29). The molecule has 4 aromatic heterocycles. The first-order valence-corrected chi connectivity index (χ1v) is 14.9. The maximum atomic E-state index is 13.7. The van der Waals surface area contributed by atoms with Crippen molar-refractivity contribution in [3.05, 3.63) is 71.2 Å². The molecule has 5 rings (SSSR count). The quantitative estimate of drug-likeness (QED) is 0.194. The summed E-state index contributed by atoms with van der Waals surface area (Å²) in [6.07, 6.45) is 5.23. The molecular formula is C24H19N3O4S4. The van der Waals surface area contributed by atoms with Crippen LogP contribution in [0.2, 0.25) is 0 Å². The number of hydrogen-bond donors (Lipinski definition) is 1. The molecule has 0 radical (unpaired) electrons. The molecule has 1 aromatic carbocycles. The van der Waals surface area contributed by atoms with Gasteiger partial charge in [0.1, 0.15) is 4.21 Å². The number of carbonyl (C=O) groups is 1. The third-order valence-corrected chi connectivity index (χ3v) is 9.97. The molecular weight excluding hydrogens is 523 g/mol. The Labute approximate surface area is 214 Å². The number of aromatic nitrogens is 3. The maximum Gasteiger partial charge on any atom is 0.303 e. The van der Waals surface area contributed by atoms with Crippen molar-refractivity contribution in [1.29, 1.82) is 0 Å². The summed E-state index contributed by atoms with van der Waals surface area (Å²) in [6.45, 7) is 0. The molecule has 35 heavy (non-hydrogen) atoms. The third-order valence-electron chi connectivity index (χ3n) is 5.48. The fraction of sp³-hybridized carbons (Fsp3) is 0.125. The van der Waals surface area contributed by atoms with E-state index in [9.17, 15) is 18.3 Å². The van der Waals surface area contributed by atoms with Gasteiger partial charge in [0.25, 0.3) is 10.0 Å². The summed E-state index contributed by atoms with van der Waals surface area (Å²) in [6, 6.07) is 12.7. The molecule has 0 bridgehead atoms. The highest BCUT2D eigenvalue weighted by molar-refractivity contribution is 7.98. The second-order valence-corrected chi connectivity index (χ2v) is 12.3. The first kappa shape index (κ1) is 23.7.